The molecule has 0 amide bonds. The van der Waals surface area contributed by atoms with Crippen molar-refractivity contribution in [2.45, 2.75) is 0 Å². The van der Waals surface area contributed by atoms with Gasteiger partial charge in [-0.25, -0.2) is 0 Å². The molecule has 0 N–H and O–H groups in total. The Labute approximate surface area is 166 Å². The van der Waals surface area contributed by atoms with Gasteiger partial charge in [0.15, 0.2) is 11.5 Å². The van der Waals surface area contributed by atoms with E-state index in [4.69, 9.17) is 17.5 Å². The summed E-state index contributed by atoms with van der Waals surface area (Å²) in [5.41, 5.74) is 0.276. The van der Waals surface area contributed by atoms with Crippen molar-refractivity contribution in [1.29, 1.82) is 0 Å². The molecule has 0 bridgehead atoms. The molecule has 0 aliphatic rings. The van der Waals surface area contributed by atoms with Crippen LogP contribution in [0.3, 0.4) is 0 Å². The van der Waals surface area contributed by atoms with E-state index >= 15 is 0 Å². The third kappa shape index (κ3) is 4.87. The summed E-state index contributed by atoms with van der Waals surface area (Å²) >= 11 is 0. The first-order valence-corrected chi connectivity index (χ1v) is 11.6. The first-order valence-electron chi connectivity index (χ1n) is 8.00. The number of benzene rings is 2. The van der Waals surface area contributed by atoms with Crippen LogP contribution in [0.25, 0.3) is 22.1 Å². The average Bonchev–Trinajstić information content (AvgIpc) is 2.61. The van der Waals surface area contributed by atoms with E-state index in [1.165, 1.54) is 13.4 Å². The molecule has 0 saturated carbocycles. The van der Waals surface area contributed by atoms with Gasteiger partial charge in [-0.2, -0.15) is 16.8 Å². The van der Waals surface area contributed by atoms with Crippen molar-refractivity contribution < 1.29 is 34.4 Å². The molecule has 154 valence electrons. The van der Waals surface area contributed by atoms with Gasteiger partial charge in [0, 0.05) is 12.1 Å². The van der Waals surface area contributed by atoms with Crippen LogP contribution in [0.5, 0.6) is 17.2 Å². The molecule has 0 aliphatic carbocycles. The summed E-state index contributed by atoms with van der Waals surface area (Å²) in [4.78, 5) is 12.9. The van der Waals surface area contributed by atoms with Gasteiger partial charge in [0.1, 0.15) is 17.6 Å². The maximum absolute atomic E-state index is 12.9. The fourth-order valence-electron chi connectivity index (χ4n) is 2.56. The van der Waals surface area contributed by atoms with Gasteiger partial charge < -0.3 is 17.5 Å². The monoisotopic (exact) mass is 440 g/mol. The van der Waals surface area contributed by atoms with Crippen LogP contribution in [0.15, 0.2) is 51.9 Å². The largest absolute Gasteiger partial charge is 0.497 e. The predicted octanol–water partition coefficient (Wildman–Crippen LogP) is 2.15. The van der Waals surface area contributed by atoms with Crippen molar-refractivity contribution >= 4 is 31.2 Å². The third-order valence-corrected chi connectivity index (χ3v) is 4.69. The van der Waals surface area contributed by atoms with E-state index in [-0.39, 0.29) is 16.5 Å². The maximum Gasteiger partial charge on any atom is 0.306 e. The van der Waals surface area contributed by atoms with Gasteiger partial charge in [0.25, 0.3) is 0 Å². The number of hydrogen-bond donors (Lipinski definition) is 0. The van der Waals surface area contributed by atoms with Crippen LogP contribution < -0.4 is 18.5 Å². The zero-order valence-corrected chi connectivity index (χ0v) is 17.2. The molecule has 0 aliphatic heterocycles. The first kappa shape index (κ1) is 20.7. The first-order chi connectivity index (χ1) is 13.5. The standard InChI is InChI=1S/C18H16O9S2/c1-24-12-6-4-11(5-7-12)14-10-25-15-9-17(27-29(3,22)23)16(26-28(2,20)21)8-13(15)18(14)19/h4-10H,1-3H3. The summed E-state index contributed by atoms with van der Waals surface area (Å²) in [6.45, 7) is 0. The van der Waals surface area contributed by atoms with E-state index in [0.29, 0.717) is 11.3 Å². The predicted molar refractivity (Wildman–Crippen MR) is 105 cm³/mol. The maximum atomic E-state index is 12.9. The van der Waals surface area contributed by atoms with Crippen LogP contribution in [0.4, 0.5) is 0 Å². The van der Waals surface area contributed by atoms with Crippen molar-refractivity contribution in [3.05, 3.63) is 52.9 Å². The molecule has 0 saturated heterocycles. The molecule has 9 nitrogen and oxygen atoms in total. The van der Waals surface area contributed by atoms with Crippen molar-refractivity contribution in [2.75, 3.05) is 19.6 Å². The molecule has 29 heavy (non-hydrogen) atoms. The number of fused-ring (bicyclic) bond motifs is 1. The Kier molecular flexibility index (Phi) is 5.28. The van der Waals surface area contributed by atoms with Gasteiger partial charge >= 0.3 is 20.2 Å². The van der Waals surface area contributed by atoms with Crippen LogP contribution in [0, 0.1) is 0 Å². The Morgan fingerprint density at radius 2 is 1.41 bits per heavy atom. The lowest BCUT2D eigenvalue weighted by molar-refractivity contribution is 0.415. The zero-order valence-electron chi connectivity index (χ0n) is 15.5. The molecular formula is C18H16O9S2. The molecule has 11 heteroatoms. The lowest BCUT2D eigenvalue weighted by Crippen LogP contribution is -2.12. The lowest BCUT2D eigenvalue weighted by Gasteiger charge is -2.11. The van der Waals surface area contributed by atoms with Crippen LogP contribution in [-0.2, 0) is 20.2 Å². The highest BCUT2D eigenvalue weighted by Gasteiger charge is 2.20. The number of rotatable bonds is 6. The van der Waals surface area contributed by atoms with Crippen LogP contribution in [0.1, 0.15) is 0 Å². The van der Waals surface area contributed by atoms with Gasteiger partial charge in [-0.15, -0.1) is 0 Å². The summed E-state index contributed by atoms with van der Waals surface area (Å²) in [6, 6.07) is 8.80. The molecule has 3 rings (SSSR count). The summed E-state index contributed by atoms with van der Waals surface area (Å²) in [6.07, 6.45) is 2.77. The minimum Gasteiger partial charge on any atom is -0.497 e. The van der Waals surface area contributed by atoms with E-state index in [2.05, 4.69) is 0 Å². The Morgan fingerprint density at radius 1 is 0.862 bits per heavy atom. The minimum absolute atomic E-state index is 0.00763. The summed E-state index contributed by atoms with van der Waals surface area (Å²) < 4.78 is 66.2. The molecule has 0 unspecified atom stereocenters. The van der Waals surface area contributed by atoms with Crippen molar-refractivity contribution in [1.82, 2.24) is 0 Å². The van der Waals surface area contributed by atoms with Crippen LogP contribution in [0.2, 0.25) is 0 Å². The lowest BCUT2D eigenvalue weighted by atomic mass is 10.1. The van der Waals surface area contributed by atoms with Gasteiger partial charge in [-0.3, -0.25) is 4.79 Å². The van der Waals surface area contributed by atoms with E-state index in [1.807, 2.05) is 0 Å². The number of methoxy groups -OCH3 is 1. The van der Waals surface area contributed by atoms with E-state index in [1.54, 1.807) is 24.3 Å². The van der Waals surface area contributed by atoms with Gasteiger partial charge in [-0.1, -0.05) is 12.1 Å². The number of ether oxygens (including phenoxy) is 1. The fraction of sp³-hybridized carbons (Fsp3) is 0.167. The van der Waals surface area contributed by atoms with Crippen molar-refractivity contribution in [3.63, 3.8) is 0 Å². The minimum atomic E-state index is -4.03. The van der Waals surface area contributed by atoms with Gasteiger partial charge in [0.05, 0.1) is 30.6 Å². The SMILES string of the molecule is COc1ccc(-c2coc3cc(OS(C)(=O)=O)c(OS(C)(=O)=O)cc3c2=O)cc1. The number of hydrogen-bond acceptors (Lipinski definition) is 9. The second kappa shape index (κ2) is 7.41. The Balaban J connectivity index is 2.22. The molecule has 0 fully saturated rings. The Bertz CT molecular complexity index is 1340. The fourth-order valence-corrected chi connectivity index (χ4v) is 3.48. The summed E-state index contributed by atoms with van der Waals surface area (Å²) in [7, 11) is -6.51. The van der Waals surface area contributed by atoms with Gasteiger partial charge in [0.2, 0.25) is 5.43 Å². The Hall–Kier alpha value is -3.05. The second-order valence-electron chi connectivity index (χ2n) is 6.08. The van der Waals surface area contributed by atoms with E-state index in [0.717, 1.165) is 24.6 Å². The second-order valence-corrected chi connectivity index (χ2v) is 9.23. The van der Waals surface area contributed by atoms with Crippen molar-refractivity contribution in [3.8, 4) is 28.4 Å². The highest BCUT2D eigenvalue weighted by molar-refractivity contribution is 7.86. The molecule has 1 aromatic heterocycles. The molecule has 0 atom stereocenters. The molecule has 2 aromatic carbocycles. The van der Waals surface area contributed by atoms with E-state index in [9.17, 15) is 21.6 Å². The molecule has 1 heterocycles. The third-order valence-electron chi connectivity index (χ3n) is 3.72. The summed E-state index contributed by atoms with van der Waals surface area (Å²) in [5.74, 6) is -0.277. The molecule has 0 spiro atoms. The quantitative estimate of drug-likeness (QED) is 0.530. The van der Waals surface area contributed by atoms with Crippen LogP contribution >= 0.6 is 0 Å². The van der Waals surface area contributed by atoms with Crippen molar-refractivity contribution in [2.24, 2.45) is 0 Å². The Morgan fingerprint density at radius 3 is 1.93 bits per heavy atom. The smallest absolute Gasteiger partial charge is 0.306 e. The zero-order chi connectivity index (χ0) is 21.4. The highest BCUT2D eigenvalue weighted by Crippen LogP contribution is 2.34. The molecule has 3 aromatic rings. The molecule has 0 radical (unpaired) electrons. The normalized spacial score (nSPS) is 12.0. The summed E-state index contributed by atoms with van der Waals surface area (Å²) in [5, 5.41) is -0.0159. The van der Waals surface area contributed by atoms with Crippen LogP contribution in [-0.4, -0.2) is 36.5 Å². The molecular weight excluding hydrogens is 424 g/mol. The van der Waals surface area contributed by atoms with Gasteiger partial charge in [-0.05, 0) is 17.7 Å². The average molecular weight is 440 g/mol. The topological polar surface area (TPSA) is 126 Å². The van der Waals surface area contributed by atoms with E-state index < -0.39 is 37.2 Å². The highest BCUT2D eigenvalue weighted by atomic mass is 32.2.